The quantitative estimate of drug-likeness (QED) is 0.607. The highest BCUT2D eigenvalue weighted by atomic mass is 79.9. The maximum atomic E-state index is 4.21. The van der Waals surface area contributed by atoms with Crippen molar-refractivity contribution in [3.8, 4) is 0 Å². The van der Waals surface area contributed by atoms with Gasteiger partial charge in [-0.3, -0.25) is 4.98 Å². The number of rotatable bonds is 7. The summed E-state index contributed by atoms with van der Waals surface area (Å²) < 4.78 is 1.04. The molecule has 0 fully saturated rings. The molecule has 1 aromatic rings. The predicted molar refractivity (Wildman–Crippen MR) is 72.4 cm³/mol. The van der Waals surface area contributed by atoms with Gasteiger partial charge in [-0.25, -0.2) is 0 Å². The van der Waals surface area contributed by atoms with E-state index in [1.54, 1.807) is 0 Å². The van der Waals surface area contributed by atoms with Crippen LogP contribution in [-0.2, 0) is 0 Å². The Morgan fingerprint density at radius 2 is 2.38 bits per heavy atom. The molecule has 1 N–H and O–H groups in total. The van der Waals surface area contributed by atoms with Crippen LogP contribution in [0.3, 0.4) is 0 Å². The van der Waals surface area contributed by atoms with E-state index in [4.69, 9.17) is 0 Å². The molecule has 0 aliphatic rings. The lowest BCUT2D eigenvalue weighted by Gasteiger charge is -2.17. The van der Waals surface area contributed by atoms with Crippen LogP contribution in [0.15, 0.2) is 35.6 Å². The first-order valence-electron chi connectivity index (χ1n) is 5.72. The van der Waals surface area contributed by atoms with Crippen LogP contribution >= 0.6 is 15.9 Å². The van der Waals surface area contributed by atoms with E-state index in [9.17, 15) is 0 Å². The number of hydrogen-bond donors (Lipinski definition) is 1. The monoisotopic (exact) mass is 282 g/mol. The largest absolute Gasteiger partial charge is 0.310 e. The van der Waals surface area contributed by atoms with Gasteiger partial charge in [0.2, 0.25) is 0 Å². The summed E-state index contributed by atoms with van der Waals surface area (Å²) in [4.78, 5) is 4.21. The molecule has 0 saturated carbocycles. The van der Waals surface area contributed by atoms with E-state index in [1.807, 2.05) is 18.5 Å². The second kappa shape index (κ2) is 7.58. The first kappa shape index (κ1) is 13.4. The lowest BCUT2D eigenvalue weighted by molar-refractivity contribution is 0.499. The fourth-order valence-corrected chi connectivity index (χ4v) is 2.10. The van der Waals surface area contributed by atoms with Gasteiger partial charge < -0.3 is 5.32 Å². The van der Waals surface area contributed by atoms with Crippen LogP contribution in [0.1, 0.15) is 37.8 Å². The molecule has 0 bridgehead atoms. The van der Waals surface area contributed by atoms with Crippen molar-refractivity contribution < 1.29 is 0 Å². The zero-order chi connectivity index (χ0) is 11.8. The molecular formula is C13H19BrN2. The normalized spacial score (nSPS) is 12.4. The maximum Gasteiger partial charge on any atom is 0.0410 e. The van der Waals surface area contributed by atoms with Crippen LogP contribution in [0.2, 0.25) is 0 Å². The van der Waals surface area contributed by atoms with Gasteiger partial charge in [0.25, 0.3) is 0 Å². The molecule has 88 valence electrons. The Labute approximate surface area is 106 Å². The molecule has 16 heavy (non-hydrogen) atoms. The van der Waals surface area contributed by atoms with Crippen molar-refractivity contribution in [2.75, 3.05) is 6.54 Å². The van der Waals surface area contributed by atoms with Crippen molar-refractivity contribution >= 4 is 15.9 Å². The van der Waals surface area contributed by atoms with Crippen molar-refractivity contribution in [1.29, 1.82) is 0 Å². The number of nitrogens with one attached hydrogen (secondary N) is 1. The van der Waals surface area contributed by atoms with Gasteiger partial charge in [0.1, 0.15) is 0 Å². The molecule has 1 heterocycles. The third-order valence-corrected chi connectivity index (χ3v) is 2.91. The summed E-state index contributed by atoms with van der Waals surface area (Å²) in [7, 11) is 0. The summed E-state index contributed by atoms with van der Waals surface area (Å²) >= 11 is 3.46. The summed E-state index contributed by atoms with van der Waals surface area (Å²) in [5.74, 6) is 0. The minimum Gasteiger partial charge on any atom is -0.310 e. The third kappa shape index (κ3) is 4.45. The van der Waals surface area contributed by atoms with Crippen LogP contribution in [-0.4, -0.2) is 11.5 Å². The maximum absolute atomic E-state index is 4.21. The van der Waals surface area contributed by atoms with E-state index in [0.29, 0.717) is 6.04 Å². The van der Waals surface area contributed by atoms with Crippen LogP contribution in [0.25, 0.3) is 0 Å². The molecule has 0 aliphatic heterocycles. The first-order chi connectivity index (χ1) is 7.77. The summed E-state index contributed by atoms with van der Waals surface area (Å²) in [6.45, 7) is 6.86. The van der Waals surface area contributed by atoms with E-state index in [-0.39, 0.29) is 0 Å². The Morgan fingerprint density at radius 1 is 1.56 bits per heavy atom. The smallest absolute Gasteiger partial charge is 0.0410 e. The van der Waals surface area contributed by atoms with Crippen molar-refractivity contribution in [2.24, 2.45) is 0 Å². The molecule has 0 amide bonds. The molecule has 0 radical (unpaired) electrons. The predicted octanol–water partition coefficient (Wildman–Crippen LogP) is 3.85. The summed E-state index contributed by atoms with van der Waals surface area (Å²) in [5, 5.41) is 3.49. The second-order valence-corrected chi connectivity index (χ2v) is 4.68. The topological polar surface area (TPSA) is 24.9 Å². The first-order valence-corrected chi connectivity index (χ1v) is 6.52. The van der Waals surface area contributed by atoms with Gasteiger partial charge in [-0.2, -0.15) is 0 Å². The molecule has 1 rings (SSSR count). The van der Waals surface area contributed by atoms with Gasteiger partial charge in [-0.1, -0.05) is 13.0 Å². The molecule has 1 aromatic heterocycles. The van der Waals surface area contributed by atoms with Crippen LogP contribution < -0.4 is 5.32 Å². The van der Waals surface area contributed by atoms with Gasteiger partial charge in [0, 0.05) is 22.9 Å². The zero-order valence-electron chi connectivity index (χ0n) is 9.75. The van der Waals surface area contributed by atoms with Gasteiger partial charge in [-0.15, -0.1) is 6.58 Å². The lowest BCUT2D eigenvalue weighted by atomic mass is 10.0. The second-order valence-electron chi connectivity index (χ2n) is 3.77. The Bertz CT molecular complexity index is 325. The van der Waals surface area contributed by atoms with Gasteiger partial charge in [-0.05, 0) is 53.4 Å². The van der Waals surface area contributed by atoms with Crippen molar-refractivity contribution in [3.63, 3.8) is 0 Å². The number of aromatic nitrogens is 1. The molecule has 0 saturated heterocycles. The van der Waals surface area contributed by atoms with Crippen LogP contribution in [0.5, 0.6) is 0 Å². The summed E-state index contributed by atoms with van der Waals surface area (Å²) in [5.41, 5.74) is 1.25. The Hall–Kier alpha value is -0.670. The van der Waals surface area contributed by atoms with Gasteiger partial charge >= 0.3 is 0 Å². The number of pyridine rings is 1. The SMILES string of the molecule is C=CCCCC(NCC)c1cncc(Br)c1. The Kier molecular flexibility index (Phi) is 6.34. The number of unbranched alkanes of at least 4 members (excludes halogenated alkanes) is 1. The van der Waals surface area contributed by atoms with Gasteiger partial charge in [0.05, 0.1) is 0 Å². The van der Waals surface area contributed by atoms with Crippen molar-refractivity contribution in [1.82, 2.24) is 10.3 Å². The molecule has 0 spiro atoms. The van der Waals surface area contributed by atoms with E-state index in [1.165, 1.54) is 5.56 Å². The number of allylic oxidation sites excluding steroid dienone is 1. The van der Waals surface area contributed by atoms with E-state index in [0.717, 1.165) is 30.3 Å². The fraction of sp³-hybridized carbons (Fsp3) is 0.462. The Balaban J connectivity index is 2.64. The van der Waals surface area contributed by atoms with Crippen molar-refractivity contribution in [2.45, 2.75) is 32.2 Å². The van der Waals surface area contributed by atoms with Crippen molar-refractivity contribution in [3.05, 3.63) is 41.2 Å². The lowest BCUT2D eigenvalue weighted by Crippen LogP contribution is -2.21. The van der Waals surface area contributed by atoms with E-state index in [2.05, 4.69) is 45.8 Å². The average Bonchev–Trinajstić information content (AvgIpc) is 2.28. The minimum atomic E-state index is 0.398. The Morgan fingerprint density at radius 3 is 3.00 bits per heavy atom. The molecule has 0 aliphatic carbocycles. The molecule has 1 unspecified atom stereocenters. The number of hydrogen-bond acceptors (Lipinski definition) is 2. The average molecular weight is 283 g/mol. The minimum absolute atomic E-state index is 0.398. The number of nitrogens with zero attached hydrogens (tertiary/aromatic N) is 1. The van der Waals surface area contributed by atoms with E-state index >= 15 is 0 Å². The zero-order valence-corrected chi connectivity index (χ0v) is 11.3. The highest BCUT2D eigenvalue weighted by Crippen LogP contribution is 2.21. The van der Waals surface area contributed by atoms with Gasteiger partial charge in [0.15, 0.2) is 0 Å². The molecule has 1 atom stereocenters. The molecule has 3 heteroatoms. The third-order valence-electron chi connectivity index (χ3n) is 2.48. The summed E-state index contributed by atoms with van der Waals surface area (Å²) in [6.07, 6.45) is 9.08. The van der Waals surface area contributed by atoms with E-state index < -0.39 is 0 Å². The van der Waals surface area contributed by atoms with Crippen LogP contribution in [0, 0.1) is 0 Å². The highest BCUT2D eigenvalue weighted by molar-refractivity contribution is 9.10. The molecule has 2 nitrogen and oxygen atoms in total. The number of halogens is 1. The highest BCUT2D eigenvalue weighted by Gasteiger charge is 2.10. The standard InChI is InChI=1S/C13H19BrN2/c1-3-5-6-7-13(16-4-2)11-8-12(14)10-15-9-11/h3,8-10,13,16H,1,4-7H2,2H3. The summed E-state index contributed by atoms with van der Waals surface area (Å²) in [6, 6.07) is 2.53. The van der Waals surface area contributed by atoms with Crippen LogP contribution in [0.4, 0.5) is 0 Å². The molecular weight excluding hydrogens is 264 g/mol. The molecule has 0 aromatic carbocycles. The fourth-order valence-electron chi connectivity index (χ4n) is 1.72.